The van der Waals surface area contributed by atoms with E-state index in [4.69, 9.17) is 26.3 Å². The number of likely N-dealkylation sites (tertiary alicyclic amines) is 1. The molecule has 0 radical (unpaired) electrons. The lowest BCUT2D eigenvalue weighted by molar-refractivity contribution is 0.187. The number of anilines is 2. The van der Waals surface area contributed by atoms with E-state index in [1.807, 2.05) is 12.1 Å². The van der Waals surface area contributed by atoms with E-state index in [2.05, 4.69) is 57.4 Å². The zero-order valence-corrected chi connectivity index (χ0v) is 23.1. The summed E-state index contributed by atoms with van der Waals surface area (Å²) in [6.45, 7) is 4.88. The first-order chi connectivity index (χ1) is 19.1. The van der Waals surface area contributed by atoms with Crippen molar-refractivity contribution in [2.24, 2.45) is 5.92 Å². The van der Waals surface area contributed by atoms with E-state index in [-0.39, 0.29) is 12.0 Å². The number of nitrogens with one attached hydrogen (secondary N) is 1. The van der Waals surface area contributed by atoms with Crippen LogP contribution in [0.2, 0.25) is 5.02 Å². The first-order valence-electron chi connectivity index (χ1n) is 14.1. The largest absolute Gasteiger partial charge is 0.462 e. The summed E-state index contributed by atoms with van der Waals surface area (Å²) in [4.78, 5) is 17.1. The van der Waals surface area contributed by atoms with Crippen molar-refractivity contribution >= 4 is 33.9 Å². The summed E-state index contributed by atoms with van der Waals surface area (Å²) in [7, 11) is 2.16. The van der Waals surface area contributed by atoms with Crippen molar-refractivity contribution in [1.29, 1.82) is 5.26 Å². The van der Waals surface area contributed by atoms with Crippen molar-refractivity contribution in [1.82, 2.24) is 20.2 Å². The Morgan fingerprint density at radius 3 is 2.82 bits per heavy atom. The van der Waals surface area contributed by atoms with Crippen molar-refractivity contribution in [3.63, 3.8) is 0 Å². The number of nitriles is 1. The predicted octanol–water partition coefficient (Wildman–Crippen LogP) is 4.01. The molecule has 1 aromatic heterocycles. The minimum absolute atomic E-state index is 0.0536. The third kappa shape index (κ3) is 4.57. The average Bonchev–Trinajstić information content (AvgIpc) is 3.50. The van der Waals surface area contributed by atoms with Crippen molar-refractivity contribution in [3.8, 4) is 12.1 Å². The van der Waals surface area contributed by atoms with Crippen LogP contribution in [0.15, 0.2) is 36.4 Å². The van der Waals surface area contributed by atoms with Crippen molar-refractivity contribution in [3.05, 3.63) is 52.7 Å². The quantitative estimate of drug-likeness (QED) is 0.517. The molecule has 3 saturated heterocycles. The molecular formula is C30H34ClN7O. The van der Waals surface area contributed by atoms with Gasteiger partial charge in [0.15, 0.2) is 0 Å². The number of fused-ring (bicyclic) bond motifs is 4. The van der Waals surface area contributed by atoms with E-state index in [1.54, 1.807) is 0 Å². The van der Waals surface area contributed by atoms with Gasteiger partial charge in [-0.3, -0.25) is 0 Å². The van der Waals surface area contributed by atoms with Gasteiger partial charge in [-0.05, 0) is 56.8 Å². The summed E-state index contributed by atoms with van der Waals surface area (Å²) in [5.74, 6) is 1.04. The van der Waals surface area contributed by atoms with Gasteiger partial charge in [-0.15, -0.1) is 0 Å². The number of aromatic nitrogens is 2. The van der Waals surface area contributed by atoms with E-state index >= 15 is 0 Å². The second-order valence-corrected chi connectivity index (χ2v) is 11.9. The van der Waals surface area contributed by atoms with E-state index in [0.717, 1.165) is 78.4 Å². The molecule has 4 atom stereocenters. The molecule has 0 saturated carbocycles. The number of ether oxygens (including phenoxy) is 1. The predicted molar refractivity (Wildman–Crippen MR) is 154 cm³/mol. The van der Waals surface area contributed by atoms with Gasteiger partial charge >= 0.3 is 6.01 Å². The Labute approximate surface area is 234 Å². The molecule has 5 heterocycles. The van der Waals surface area contributed by atoms with Gasteiger partial charge in [-0.2, -0.15) is 15.2 Å². The molecule has 7 rings (SSSR count). The number of nitrogens with zero attached hydrogens (tertiary/aromatic N) is 6. The molecule has 3 fully saturated rings. The fourth-order valence-electron chi connectivity index (χ4n) is 6.98. The summed E-state index contributed by atoms with van der Waals surface area (Å²) >= 11 is 6.69. The summed E-state index contributed by atoms with van der Waals surface area (Å²) in [6, 6.07) is 16.3. The summed E-state index contributed by atoms with van der Waals surface area (Å²) in [5, 5.41) is 16.3. The highest BCUT2D eigenvalue weighted by Crippen LogP contribution is 2.38. The van der Waals surface area contributed by atoms with Crippen LogP contribution in [-0.2, 0) is 13.0 Å². The maximum Gasteiger partial charge on any atom is 0.318 e. The molecule has 4 aliphatic rings. The van der Waals surface area contributed by atoms with Crippen molar-refractivity contribution in [2.75, 3.05) is 49.6 Å². The highest BCUT2D eigenvalue weighted by atomic mass is 35.5. The molecule has 2 aromatic carbocycles. The SMILES string of the molecule is CN1CCCC1COc1nc2c(c(N3C[C@H]4C[C@@H](C#N)[C@@H](C3)N4)n1)CCN(c1cccc3cccc(Cl)c13)C2. The number of halogens is 1. The minimum Gasteiger partial charge on any atom is -0.462 e. The summed E-state index contributed by atoms with van der Waals surface area (Å²) in [5.41, 5.74) is 3.36. The van der Waals surface area contributed by atoms with Gasteiger partial charge in [-0.1, -0.05) is 35.9 Å². The fourth-order valence-corrected chi connectivity index (χ4v) is 7.26. The van der Waals surface area contributed by atoms with Gasteiger partial charge in [-0.25, -0.2) is 0 Å². The minimum atomic E-state index is 0.0536. The van der Waals surface area contributed by atoms with Crippen LogP contribution in [0.3, 0.4) is 0 Å². The first-order valence-corrected chi connectivity index (χ1v) is 14.5. The van der Waals surface area contributed by atoms with E-state index in [1.165, 1.54) is 12.0 Å². The van der Waals surface area contributed by atoms with E-state index in [9.17, 15) is 5.26 Å². The Morgan fingerprint density at radius 1 is 1.13 bits per heavy atom. The maximum atomic E-state index is 9.66. The molecule has 39 heavy (non-hydrogen) atoms. The molecule has 1 N–H and O–H groups in total. The zero-order valence-electron chi connectivity index (χ0n) is 22.3. The van der Waals surface area contributed by atoms with Crippen LogP contribution in [0.1, 0.15) is 30.5 Å². The Kier molecular flexibility index (Phi) is 6.46. The molecule has 8 nitrogen and oxygen atoms in total. The number of piperazine rings is 1. The Bertz CT molecular complexity index is 1440. The lowest BCUT2D eigenvalue weighted by Crippen LogP contribution is -2.53. The standard InChI is InChI=1S/C30H34ClN7O/c1-36-11-4-7-22(36)18-39-30-34-26-17-37(27-9-3-6-19-5-2-8-24(31)28(19)27)12-10-23(26)29(35-30)38-15-21-13-20(14-32)25(16-38)33-21/h2-3,5-6,8-9,20-22,25,33H,4,7,10-13,15-18H2,1H3/t20-,21+,22?,25+/m0/s1. The number of hydrogen-bond acceptors (Lipinski definition) is 8. The van der Waals surface area contributed by atoms with Crippen LogP contribution in [0.5, 0.6) is 6.01 Å². The zero-order chi connectivity index (χ0) is 26.5. The second kappa shape index (κ2) is 10.1. The molecule has 202 valence electrons. The van der Waals surface area contributed by atoms with Crippen molar-refractivity contribution < 1.29 is 4.74 Å². The van der Waals surface area contributed by atoms with Gasteiger partial charge in [0, 0.05) is 54.4 Å². The highest BCUT2D eigenvalue weighted by Gasteiger charge is 2.41. The summed E-state index contributed by atoms with van der Waals surface area (Å²) in [6.07, 6.45) is 4.09. The second-order valence-electron chi connectivity index (χ2n) is 11.5. The molecular weight excluding hydrogens is 510 g/mol. The third-order valence-corrected chi connectivity index (χ3v) is 9.38. The Balaban J connectivity index is 1.23. The molecule has 0 amide bonds. The smallest absolute Gasteiger partial charge is 0.318 e. The molecule has 1 unspecified atom stereocenters. The third-order valence-electron chi connectivity index (χ3n) is 9.07. The molecule has 0 spiro atoms. The fraction of sp³-hybridized carbons (Fsp3) is 0.500. The van der Waals surface area contributed by atoms with E-state index in [0.29, 0.717) is 31.2 Å². The van der Waals surface area contributed by atoms with Gasteiger partial charge in [0.1, 0.15) is 12.4 Å². The van der Waals surface area contributed by atoms with Crippen molar-refractivity contribution in [2.45, 2.75) is 50.4 Å². The normalized spacial score (nSPS) is 26.6. The number of likely N-dealkylation sites (N-methyl/N-ethyl adjacent to an activating group) is 1. The molecule has 0 aliphatic carbocycles. The van der Waals surface area contributed by atoms with Gasteiger partial charge in [0.2, 0.25) is 0 Å². The molecule has 3 aromatic rings. The maximum absolute atomic E-state index is 9.66. The van der Waals surface area contributed by atoms with Gasteiger partial charge in [0.25, 0.3) is 0 Å². The highest BCUT2D eigenvalue weighted by molar-refractivity contribution is 6.36. The summed E-state index contributed by atoms with van der Waals surface area (Å²) < 4.78 is 6.30. The number of hydrogen-bond donors (Lipinski definition) is 1. The van der Waals surface area contributed by atoms with Crippen LogP contribution < -0.4 is 19.9 Å². The van der Waals surface area contributed by atoms with Crippen LogP contribution in [0.25, 0.3) is 10.8 Å². The monoisotopic (exact) mass is 543 g/mol. The Morgan fingerprint density at radius 2 is 2.00 bits per heavy atom. The molecule has 9 heteroatoms. The van der Waals surface area contributed by atoms with E-state index < -0.39 is 0 Å². The van der Waals surface area contributed by atoms with Crippen LogP contribution >= 0.6 is 11.6 Å². The Hall–Kier alpha value is -3.12. The molecule has 4 aliphatic heterocycles. The number of rotatable bonds is 5. The number of benzene rings is 2. The lowest BCUT2D eigenvalue weighted by atomic mass is 10.0. The average molecular weight is 544 g/mol. The topological polar surface area (TPSA) is 80.5 Å². The van der Waals surface area contributed by atoms with Gasteiger partial charge < -0.3 is 24.8 Å². The lowest BCUT2D eigenvalue weighted by Gasteiger charge is -2.37. The van der Waals surface area contributed by atoms with Crippen LogP contribution in [0, 0.1) is 17.2 Å². The first kappa shape index (κ1) is 24.9. The molecule has 2 bridgehead atoms. The van der Waals surface area contributed by atoms with Crippen LogP contribution in [-0.4, -0.2) is 72.8 Å². The van der Waals surface area contributed by atoms with Gasteiger partial charge in [0.05, 0.1) is 29.2 Å². The van der Waals surface area contributed by atoms with Crippen LogP contribution in [0.4, 0.5) is 11.5 Å².